The molecule has 7 heteroatoms. The third-order valence-corrected chi connectivity index (χ3v) is 5.53. The van der Waals surface area contributed by atoms with Gasteiger partial charge in [-0.3, -0.25) is 9.69 Å². The molecule has 0 saturated heterocycles. The molecular weight excluding hydrogens is 398 g/mol. The Balaban J connectivity index is 1.76. The number of hydrogen-bond donors (Lipinski definition) is 0. The number of thiazole rings is 1. The Kier molecular flexibility index (Phi) is 6.52. The van der Waals surface area contributed by atoms with Gasteiger partial charge in [-0.15, -0.1) is 11.3 Å². The highest BCUT2D eigenvalue weighted by Crippen LogP contribution is 2.33. The molecule has 0 unspecified atom stereocenters. The van der Waals surface area contributed by atoms with Crippen LogP contribution in [-0.2, 0) is 16.1 Å². The van der Waals surface area contributed by atoms with Gasteiger partial charge in [0.05, 0.1) is 16.9 Å². The maximum absolute atomic E-state index is 12.4. The third kappa shape index (κ3) is 4.68. The number of carbonyl (C=O) groups is 2. The number of amides is 1. The van der Waals surface area contributed by atoms with E-state index in [1.165, 1.54) is 18.3 Å². The van der Waals surface area contributed by atoms with E-state index in [9.17, 15) is 9.59 Å². The summed E-state index contributed by atoms with van der Waals surface area (Å²) in [6, 6.07) is 13.2. The molecule has 30 heavy (non-hydrogen) atoms. The first-order valence-electron chi connectivity index (χ1n) is 9.53. The van der Waals surface area contributed by atoms with Crippen LogP contribution < -0.4 is 9.80 Å². The van der Waals surface area contributed by atoms with E-state index in [0.717, 1.165) is 22.5 Å². The number of aryl methyl sites for hydroxylation is 2. The largest absolute Gasteiger partial charge is 0.456 e. The van der Waals surface area contributed by atoms with Crippen LogP contribution in [0.4, 0.5) is 16.5 Å². The highest BCUT2D eigenvalue weighted by molar-refractivity contribution is 7.14. The number of carbonyl (C=O) groups excluding carboxylic acids is 2. The van der Waals surface area contributed by atoms with Crippen molar-refractivity contribution in [3.63, 3.8) is 0 Å². The molecule has 0 spiro atoms. The molecule has 3 rings (SSSR count). The highest BCUT2D eigenvalue weighted by atomic mass is 32.1. The topological polar surface area (TPSA) is 62.7 Å². The summed E-state index contributed by atoms with van der Waals surface area (Å²) in [6.07, 6.45) is 0. The van der Waals surface area contributed by atoms with E-state index in [1.807, 2.05) is 68.6 Å². The minimum Gasteiger partial charge on any atom is -0.456 e. The fourth-order valence-corrected chi connectivity index (χ4v) is 4.00. The zero-order valence-electron chi connectivity index (χ0n) is 17.8. The van der Waals surface area contributed by atoms with Crippen LogP contribution in [0, 0.1) is 13.8 Å². The number of anilines is 3. The molecule has 0 saturated carbocycles. The number of aromatic nitrogens is 1. The van der Waals surface area contributed by atoms with Gasteiger partial charge in [0, 0.05) is 32.1 Å². The highest BCUT2D eigenvalue weighted by Gasteiger charge is 2.21. The smallest absolute Gasteiger partial charge is 0.338 e. The van der Waals surface area contributed by atoms with E-state index in [-0.39, 0.29) is 12.5 Å². The summed E-state index contributed by atoms with van der Waals surface area (Å²) in [5.74, 6) is -0.530. The first-order chi connectivity index (χ1) is 14.3. The number of rotatable bonds is 6. The molecule has 1 aromatic heterocycles. The van der Waals surface area contributed by atoms with Gasteiger partial charge in [-0.25, -0.2) is 9.78 Å². The Bertz CT molecular complexity index is 1050. The minimum absolute atomic E-state index is 0.0417. The van der Waals surface area contributed by atoms with Crippen LogP contribution in [0.3, 0.4) is 0 Å². The quantitative estimate of drug-likeness (QED) is 0.530. The van der Waals surface area contributed by atoms with Crippen molar-refractivity contribution >= 4 is 39.7 Å². The SMILES string of the molecule is CC(=O)N(c1nc(COC(=O)c2cccc(N(C)C)c2)cs1)c1c(C)cccc1C. The van der Waals surface area contributed by atoms with E-state index in [1.54, 1.807) is 17.0 Å². The van der Waals surface area contributed by atoms with Crippen LogP contribution in [0.5, 0.6) is 0 Å². The Morgan fingerprint density at radius 1 is 1.07 bits per heavy atom. The molecule has 0 atom stereocenters. The maximum Gasteiger partial charge on any atom is 0.338 e. The molecule has 1 heterocycles. The van der Waals surface area contributed by atoms with E-state index in [2.05, 4.69) is 4.98 Å². The molecule has 6 nitrogen and oxygen atoms in total. The molecule has 0 aliphatic rings. The second kappa shape index (κ2) is 9.09. The van der Waals surface area contributed by atoms with Crippen LogP contribution in [-0.4, -0.2) is 31.0 Å². The summed E-state index contributed by atoms with van der Waals surface area (Å²) in [6.45, 7) is 5.50. The molecular formula is C23H25N3O3S. The molecule has 0 fully saturated rings. The van der Waals surface area contributed by atoms with E-state index in [0.29, 0.717) is 16.4 Å². The second-order valence-electron chi connectivity index (χ2n) is 7.24. The maximum atomic E-state index is 12.4. The Morgan fingerprint density at radius 2 is 1.73 bits per heavy atom. The molecule has 2 aromatic carbocycles. The van der Waals surface area contributed by atoms with Gasteiger partial charge < -0.3 is 9.64 Å². The number of esters is 1. The van der Waals surface area contributed by atoms with Gasteiger partial charge in [-0.05, 0) is 43.2 Å². The van der Waals surface area contributed by atoms with Gasteiger partial charge >= 0.3 is 5.97 Å². The predicted octanol–water partition coefficient (Wildman–Crippen LogP) is 4.87. The summed E-state index contributed by atoms with van der Waals surface area (Å²) in [5.41, 5.74) is 4.83. The second-order valence-corrected chi connectivity index (χ2v) is 8.07. The summed E-state index contributed by atoms with van der Waals surface area (Å²) >= 11 is 1.35. The zero-order valence-corrected chi connectivity index (χ0v) is 18.6. The molecule has 3 aromatic rings. The molecule has 0 aliphatic carbocycles. The molecule has 156 valence electrons. The van der Waals surface area contributed by atoms with Gasteiger partial charge in [0.1, 0.15) is 6.61 Å². The van der Waals surface area contributed by atoms with Crippen molar-refractivity contribution in [2.24, 2.45) is 0 Å². The minimum atomic E-state index is -0.411. The molecule has 0 bridgehead atoms. The monoisotopic (exact) mass is 423 g/mol. The Hall–Kier alpha value is -3.19. The first-order valence-corrected chi connectivity index (χ1v) is 10.4. The molecule has 1 amide bonds. The van der Waals surface area contributed by atoms with Crippen molar-refractivity contribution in [3.8, 4) is 0 Å². The predicted molar refractivity (Wildman–Crippen MR) is 121 cm³/mol. The number of benzene rings is 2. The summed E-state index contributed by atoms with van der Waals surface area (Å²) in [5, 5.41) is 2.36. The average Bonchev–Trinajstić information content (AvgIpc) is 3.17. The first kappa shape index (κ1) is 21.5. The van der Waals surface area contributed by atoms with Crippen molar-refractivity contribution in [2.75, 3.05) is 23.9 Å². The van der Waals surface area contributed by atoms with Crippen molar-refractivity contribution < 1.29 is 14.3 Å². The van der Waals surface area contributed by atoms with Crippen molar-refractivity contribution in [3.05, 3.63) is 70.2 Å². The van der Waals surface area contributed by atoms with Crippen molar-refractivity contribution in [2.45, 2.75) is 27.4 Å². The standard InChI is InChI=1S/C23H25N3O3S/c1-15-8-6-9-16(2)21(15)26(17(3)27)23-24-19(14-30-23)13-29-22(28)18-10-7-11-20(12-18)25(4)5/h6-12,14H,13H2,1-5H3. The lowest BCUT2D eigenvalue weighted by molar-refractivity contribution is -0.115. The van der Waals surface area contributed by atoms with E-state index < -0.39 is 5.97 Å². The average molecular weight is 424 g/mol. The lowest BCUT2D eigenvalue weighted by Gasteiger charge is -2.22. The van der Waals surface area contributed by atoms with Crippen molar-refractivity contribution in [1.29, 1.82) is 0 Å². The van der Waals surface area contributed by atoms with E-state index >= 15 is 0 Å². The zero-order chi connectivity index (χ0) is 21.8. The van der Waals surface area contributed by atoms with Crippen LogP contribution >= 0.6 is 11.3 Å². The number of nitrogens with zero attached hydrogens (tertiary/aromatic N) is 3. The Labute approximate surface area is 180 Å². The number of ether oxygens (including phenoxy) is 1. The van der Waals surface area contributed by atoms with Gasteiger partial charge in [0.25, 0.3) is 0 Å². The number of para-hydroxylation sites is 1. The van der Waals surface area contributed by atoms with E-state index in [4.69, 9.17) is 4.74 Å². The lowest BCUT2D eigenvalue weighted by atomic mass is 10.1. The fraction of sp³-hybridized carbons (Fsp3) is 0.261. The van der Waals surface area contributed by atoms with Crippen LogP contribution in [0.25, 0.3) is 0 Å². The van der Waals surface area contributed by atoms with Gasteiger partial charge in [0.2, 0.25) is 5.91 Å². The number of hydrogen-bond acceptors (Lipinski definition) is 6. The normalized spacial score (nSPS) is 10.6. The lowest BCUT2D eigenvalue weighted by Crippen LogP contribution is -2.24. The third-order valence-electron chi connectivity index (χ3n) is 4.66. The van der Waals surface area contributed by atoms with Crippen LogP contribution in [0.2, 0.25) is 0 Å². The van der Waals surface area contributed by atoms with Gasteiger partial charge in [0.15, 0.2) is 5.13 Å². The summed E-state index contributed by atoms with van der Waals surface area (Å²) < 4.78 is 5.44. The fourth-order valence-electron chi connectivity index (χ4n) is 3.15. The molecule has 0 radical (unpaired) electrons. The van der Waals surface area contributed by atoms with Crippen LogP contribution in [0.15, 0.2) is 47.8 Å². The molecule has 0 aliphatic heterocycles. The van der Waals surface area contributed by atoms with Gasteiger partial charge in [-0.2, -0.15) is 0 Å². The summed E-state index contributed by atoms with van der Waals surface area (Å²) in [7, 11) is 3.83. The van der Waals surface area contributed by atoms with Gasteiger partial charge in [-0.1, -0.05) is 24.3 Å². The Morgan fingerprint density at radius 3 is 2.37 bits per heavy atom. The van der Waals surface area contributed by atoms with Crippen molar-refractivity contribution in [1.82, 2.24) is 4.98 Å². The molecule has 0 N–H and O–H groups in total. The van der Waals surface area contributed by atoms with Crippen LogP contribution in [0.1, 0.15) is 34.1 Å². The summed E-state index contributed by atoms with van der Waals surface area (Å²) in [4.78, 5) is 32.9.